The molecule has 0 N–H and O–H groups in total. The zero-order chi connectivity index (χ0) is 16.5. The van der Waals surface area contributed by atoms with Gasteiger partial charge in [-0.15, -0.1) is 0 Å². The van der Waals surface area contributed by atoms with Crippen molar-refractivity contribution in [3.05, 3.63) is 52.0 Å². The molecule has 0 heterocycles. The standard InChI is InChI=1S/C14H7Cl2F5O/c15-10-3-1-2-8(12(10)16)9-6-7(14(19,20)21)4-5-11(9)22-13(17)18/h1-6,13H. The van der Waals surface area contributed by atoms with E-state index >= 15 is 0 Å². The second-order valence-electron chi connectivity index (χ2n) is 4.19. The van der Waals surface area contributed by atoms with Gasteiger partial charge in [0.1, 0.15) is 5.75 Å². The van der Waals surface area contributed by atoms with Gasteiger partial charge in [0.2, 0.25) is 0 Å². The SMILES string of the molecule is FC(F)Oc1ccc(C(F)(F)F)cc1-c1cccc(Cl)c1Cl. The van der Waals surface area contributed by atoms with E-state index in [9.17, 15) is 22.0 Å². The molecule has 2 rings (SSSR count). The summed E-state index contributed by atoms with van der Waals surface area (Å²) in [6.45, 7) is -3.19. The van der Waals surface area contributed by atoms with Gasteiger partial charge in [-0.2, -0.15) is 22.0 Å². The van der Waals surface area contributed by atoms with Crippen molar-refractivity contribution in [3.63, 3.8) is 0 Å². The summed E-state index contributed by atoms with van der Waals surface area (Å²) in [4.78, 5) is 0. The molecule has 0 saturated heterocycles. The molecule has 1 nitrogen and oxygen atoms in total. The maximum Gasteiger partial charge on any atom is 0.416 e. The summed E-state index contributed by atoms with van der Waals surface area (Å²) >= 11 is 11.8. The molecule has 0 aliphatic heterocycles. The van der Waals surface area contributed by atoms with Crippen LogP contribution in [0, 0.1) is 0 Å². The lowest BCUT2D eigenvalue weighted by Gasteiger charge is -2.15. The Morgan fingerprint density at radius 3 is 2.23 bits per heavy atom. The monoisotopic (exact) mass is 356 g/mol. The smallest absolute Gasteiger partial charge is 0.416 e. The molecule has 0 aromatic heterocycles. The summed E-state index contributed by atoms with van der Waals surface area (Å²) in [6.07, 6.45) is -4.64. The van der Waals surface area contributed by atoms with Crippen molar-refractivity contribution in [2.45, 2.75) is 12.8 Å². The molecule has 2 aromatic carbocycles. The number of hydrogen-bond acceptors (Lipinski definition) is 1. The van der Waals surface area contributed by atoms with Gasteiger partial charge in [0.05, 0.1) is 15.6 Å². The number of benzene rings is 2. The third-order valence-corrected chi connectivity index (χ3v) is 3.58. The van der Waals surface area contributed by atoms with Crippen molar-refractivity contribution in [2.24, 2.45) is 0 Å². The van der Waals surface area contributed by atoms with Gasteiger partial charge >= 0.3 is 12.8 Å². The molecule has 0 bridgehead atoms. The molecule has 0 amide bonds. The van der Waals surface area contributed by atoms with Crippen LogP contribution >= 0.6 is 23.2 Å². The van der Waals surface area contributed by atoms with Gasteiger partial charge in [-0.1, -0.05) is 35.3 Å². The molecular weight excluding hydrogens is 350 g/mol. The van der Waals surface area contributed by atoms with Gasteiger partial charge in [-0.3, -0.25) is 0 Å². The van der Waals surface area contributed by atoms with Crippen LogP contribution in [0.15, 0.2) is 36.4 Å². The molecule has 0 aliphatic carbocycles. The fourth-order valence-electron chi connectivity index (χ4n) is 1.83. The molecule has 118 valence electrons. The molecule has 0 atom stereocenters. The van der Waals surface area contributed by atoms with E-state index in [2.05, 4.69) is 4.74 Å². The van der Waals surface area contributed by atoms with E-state index < -0.39 is 24.1 Å². The Bertz CT molecular complexity index is 685. The topological polar surface area (TPSA) is 9.23 Å². The second-order valence-corrected chi connectivity index (χ2v) is 4.97. The molecule has 0 unspecified atom stereocenters. The van der Waals surface area contributed by atoms with E-state index in [1.54, 1.807) is 0 Å². The van der Waals surface area contributed by atoms with E-state index in [1.165, 1.54) is 18.2 Å². The quantitative estimate of drug-likeness (QED) is 0.588. The Morgan fingerprint density at radius 2 is 1.64 bits per heavy atom. The minimum absolute atomic E-state index is 0.0531. The van der Waals surface area contributed by atoms with E-state index in [0.29, 0.717) is 12.1 Å². The van der Waals surface area contributed by atoms with E-state index in [4.69, 9.17) is 23.2 Å². The van der Waals surface area contributed by atoms with Crippen molar-refractivity contribution >= 4 is 23.2 Å². The average Bonchev–Trinajstić information content (AvgIpc) is 2.41. The molecule has 0 fully saturated rings. The van der Waals surface area contributed by atoms with Crippen LogP contribution in [0.3, 0.4) is 0 Å². The first-order chi connectivity index (χ1) is 10.2. The van der Waals surface area contributed by atoms with E-state index in [1.807, 2.05) is 0 Å². The molecule has 22 heavy (non-hydrogen) atoms. The van der Waals surface area contributed by atoms with Gasteiger partial charge in [-0.25, -0.2) is 0 Å². The molecule has 8 heteroatoms. The number of ether oxygens (including phenoxy) is 1. The molecule has 0 saturated carbocycles. The summed E-state index contributed by atoms with van der Waals surface area (Å²) < 4.78 is 67.5. The normalized spacial score (nSPS) is 11.8. The van der Waals surface area contributed by atoms with Gasteiger partial charge in [-0.05, 0) is 24.3 Å². The molecule has 0 radical (unpaired) electrons. The number of halogens is 7. The number of hydrogen-bond donors (Lipinski definition) is 0. The molecule has 2 aromatic rings. The first-order valence-electron chi connectivity index (χ1n) is 5.80. The van der Waals surface area contributed by atoms with Crippen LogP contribution in [0.5, 0.6) is 5.75 Å². The Morgan fingerprint density at radius 1 is 0.955 bits per heavy atom. The molecule has 0 aliphatic rings. The number of rotatable bonds is 3. The van der Waals surface area contributed by atoms with Crippen molar-refractivity contribution in [1.82, 2.24) is 0 Å². The summed E-state index contributed by atoms with van der Waals surface area (Å²) in [5.41, 5.74) is -1.17. The van der Waals surface area contributed by atoms with Crippen LogP contribution in [0.25, 0.3) is 11.1 Å². The lowest BCUT2D eigenvalue weighted by atomic mass is 10.0. The fraction of sp³-hybridized carbons (Fsp3) is 0.143. The van der Waals surface area contributed by atoms with Crippen LogP contribution in [0.2, 0.25) is 10.0 Å². The van der Waals surface area contributed by atoms with Gasteiger partial charge in [0.25, 0.3) is 0 Å². The van der Waals surface area contributed by atoms with Crippen molar-refractivity contribution in [1.29, 1.82) is 0 Å². The van der Waals surface area contributed by atoms with Crippen molar-refractivity contribution in [2.75, 3.05) is 0 Å². The van der Waals surface area contributed by atoms with E-state index in [-0.39, 0.29) is 21.2 Å². The average molecular weight is 357 g/mol. The highest BCUT2D eigenvalue weighted by Gasteiger charge is 2.32. The maximum absolute atomic E-state index is 12.8. The molecular formula is C14H7Cl2F5O. The lowest BCUT2D eigenvalue weighted by Crippen LogP contribution is -2.07. The predicted octanol–water partition coefficient (Wildman–Crippen LogP) is 6.28. The van der Waals surface area contributed by atoms with Gasteiger partial charge < -0.3 is 4.74 Å². The largest absolute Gasteiger partial charge is 0.434 e. The highest BCUT2D eigenvalue weighted by atomic mass is 35.5. The number of alkyl halides is 5. The van der Waals surface area contributed by atoms with Gasteiger partial charge in [0, 0.05) is 11.1 Å². The zero-order valence-electron chi connectivity index (χ0n) is 10.6. The summed E-state index contributed by atoms with van der Waals surface area (Å²) in [6, 6.07) is 6.39. The Hall–Kier alpha value is -1.53. The third-order valence-electron chi connectivity index (χ3n) is 2.76. The second kappa shape index (κ2) is 6.30. The predicted molar refractivity (Wildman–Crippen MR) is 73.5 cm³/mol. The third kappa shape index (κ3) is 3.62. The summed E-state index contributed by atoms with van der Waals surface area (Å²) in [5.74, 6) is -0.424. The Labute approximate surface area is 132 Å². The minimum Gasteiger partial charge on any atom is -0.434 e. The van der Waals surface area contributed by atoms with Crippen molar-refractivity contribution < 1.29 is 26.7 Å². The van der Waals surface area contributed by atoms with Crippen molar-refractivity contribution in [3.8, 4) is 16.9 Å². The summed E-state index contributed by atoms with van der Waals surface area (Å²) in [5, 5.41) is 0.0298. The zero-order valence-corrected chi connectivity index (χ0v) is 12.1. The summed E-state index contributed by atoms with van der Waals surface area (Å²) in [7, 11) is 0. The lowest BCUT2D eigenvalue weighted by molar-refractivity contribution is -0.137. The van der Waals surface area contributed by atoms with Crippen LogP contribution in [0.4, 0.5) is 22.0 Å². The molecule has 0 spiro atoms. The minimum atomic E-state index is -4.64. The van der Waals surface area contributed by atoms with E-state index in [0.717, 1.165) is 6.07 Å². The van der Waals surface area contributed by atoms with Crippen LogP contribution < -0.4 is 4.74 Å². The van der Waals surface area contributed by atoms with Crippen LogP contribution in [0.1, 0.15) is 5.56 Å². The van der Waals surface area contributed by atoms with Gasteiger partial charge in [0.15, 0.2) is 0 Å². The maximum atomic E-state index is 12.8. The van der Waals surface area contributed by atoms with Crippen LogP contribution in [-0.2, 0) is 6.18 Å². The fourth-order valence-corrected chi connectivity index (χ4v) is 2.23. The Kier molecular flexibility index (Phi) is 4.82. The first kappa shape index (κ1) is 16.8. The Balaban J connectivity index is 2.66. The highest BCUT2D eigenvalue weighted by molar-refractivity contribution is 6.43. The first-order valence-corrected chi connectivity index (χ1v) is 6.56. The highest BCUT2D eigenvalue weighted by Crippen LogP contribution is 2.41. The van der Waals surface area contributed by atoms with Crippen LogP contribution in [-0.4, -0.2) is 6.61 Å².